The minimum atomic E-state index is -0.392. The number of hydrogen-bond acceptors (Lipinski definition) is 6. The van der Waals surface area contributed by atoms with Crippen molar-refractivity contribution in [3.05, 3.63) is 29.7 Å². The Balaban J connectivity index is 1.25. The highest BCUT2D eigenvalue weighted by molar-refractivity contribution is 6.01. The summed E-state index contributed by atoms with van der Waals surface area (Å²) in [5.41, 5.74) is 2.08. The van der Waals surface area contributed by atoms with Crippen LogP contribution in [0, 0.1) is 52.3 Å². The first kappa shape index (κ1) is 27.3. The predicted octanol–water partition coefficient (Wildman–Crippen LogP) is 6.42. The number of carbonyl (C=O) groups is 1. The second kappa shape index (κ2) is 9.87. The molecule has 0 radical (unpaired) electrons. The molecular formula is C33H47NO5. The van der Waals surface area contributed by atoms with Gasteiger partial charge in [-0.25, -0.2) is 9.78 Å². The molecular weight excluding hydrogens is 490 g/mol. The van der Waals surface area contributed by atoms with Crippen LogP contribution in [0.2, 0.25) is 0 Å². The highest BCUT2D eigenvalue weighted by atomic mass is 16.5. The van der Waals surface area contributed by atoms with Crippen LogP contribution in [0.4, 0.5) is 0 Å². The third-order valence-corrected chi connectivity index (χ3v) is 12.5. The lowest BCUT2D eigenvalue weighted by Gasteiger charge is -2.64. The average molecular weight is 538 g/mol. The third-order valence-electron chi connectivity index (χ3n) is 12.5. The van der Waals surface area contributed by atoms with Gasteiger partial charge in [0.1, 0.15) is 5.52 Å². The lowest BCUT2D eigenvalue weighted by atomic mass is 9.41. The summed E-state index contributed by atoms with van der Waals surface area (Å²) in [7, 11) is 1.39. The van der Waals surface area contributed by atoms with Crippen LogP contribution in [-0.2, 0) is 11.2 Å². The number of carbonyl (C=O) groups excluding carboxylic acids is 1. The summed E-state index contributed by atoms with van der Waals surface area (Å²) in [5, 5.41) is 22.5. The van der Waals surface area contributed by atoms with Gasteiger partial charge in [0.2, 0.25) is 0 Å². The van der Waals surface area contributed by atoms with Gasteiger partial charge in [-0.3, -0.25) is 0 Å². The van der Waals surface area contributed by atoms with E-state index in [0.29, 0.717) is 58.1 Å². The van der Waals surface area contributed by atoms with Crippen LogP contribution < -0.4 is 0 Å². The second-order valence-electron chi connectivity index (χ2n) is 14.1. The van der Waals surface area contributed by atoms with Crippen molar-refractivity contribution in [2.45, 2.75) is 97.7 Å². The molecule has 0 aliphatic heterocycles. The first-order chi connectivity index (χ1) is 18.6. The smallest absolute Gasteiger partial charge is 0.340 e. The number of benzene rings is 1. The van der Waals surface area contributed by atoms with E-state index in [9.17, 15) is 15.0 Å². The maximum atomic E-state index is 12.2. The van der Waals surface area contributed by atoms with E-state index in [1.807, 2.05) is 12.1 Å². The molecule has 39 heavy (non-hydrogen) atoms. The highest BCUT2D eigenvalue weighted by Crippen LogP contribution is 2.69. The Kier molecular flexibility index (Phi) is 6.90. The van der Waals surface area contributed by atoms with E-state index in [-0.39, 0.29) is 29.0 Å². The predicted molar refractivity (Wildman–Crippen MR) is 150 cm³/mol. The number of aliphatic hydroxyl groups excluding tert-OH is 2. The Morgan fingerprint density at radius 3 is 2.59 bits per heavy atom. The van der Waals surface area contributed by atoms with Crippen molar-refractivity contribution in [1.29, 1.82) is 0 Å². The molecule has 6 nitrogen and oxygen atoms in total. The Morgan fingerprint density at radius 1 is 1.10 bits per heavy atom. The number of ether oxygens (including phenoxy) is 1. The van der Waals surface area contributed by atoms with Crippen molar-refractivity contribution in [2.24, 2.45) is 52.3 Å². The molecule has 6 heteroatoms. The van der Waals surface area contributed by atoms with Crippen LogP contribution in [0.3, 0.4) is 0 Å². The zero-order valence-corrected chi connectivity index (χ0v) is 24.4. The summed E-state index contributed by atoms with van der Waals surface area (Å²) < 4.78 is 11.1. The van der Waals surface area contributed by atoms with Gasteiger partial charge in [-0.2, -0.15) is 0 Å². The van der Waals surface area contributed by atoms with Crippen LogP contribution in [0.5, 0.6) is 0 Å². The quantitative estimate of drug-likeness (QED) is 0.428. The molecule has 0 bridgehead atoms. The SMILES string of the molecule is CC[C@@H]1C2C[C@H](O)CCC2(C)[C@H]2CCC3(C)[C@@H]([C@H](C)Cc4nc5c(C(=O)OC)cccc5o4)CC[C@H]3[C@@H]2[C@@H]1O. The Hall–Kier alpha value is -1.92. The van der Waals surface area contributed by atoms with E-state index >= 15 is 0 Å². The van der Waals surface area contributed by atoms with Crippen LogP contribution >= 0.6 is 0 Å². The van der Waals surface area contributed by atoms with Crippen molar-refractivity contribution in [2.75, 3.05) is 7.11 Å². The largest absolute Gasteiger partial charge is 0.465 e. The molecule has 3 unspecified atom stereocenters. The van der Waals surface area contributed by atoms with E-state index in [2.05, 4.69) is 27.7 Å². The zero-order valence-electron chi connectivity index (χ0n) is 24.4. The molecule has 1 aromatic carbocycles. The number of nitrogens with zero attached hydrogens (tertiary/aromatic N) is 1. The molecule has 0 saturated heterocycles. The fourth-order valence-electron chi connectivity index (χ4n) is 10.7. The van der Waals surface area contributed by atoms with Gasteiger partial charge in [-0.15, -0.1) is 0 Å². The van der Waals surface area contributed by atoms with Gasteiger partial charge >= 0.3 is 5.97 Å². The van der Waals surface area contributed by atoms with Gasteiger partial charge in [0.25, 0.3) is 0 Å². The summed E-state index contributed by atoms with van der Waals surface area (Å²) in [4.78, 5) is 17.0. The lowest BCUT2D eigenvalue weighted by molar-refractivity contribution is -0.203. The van der Waals surface area contributed by atoms with Crippen LogP contribution in [0.25, 0.3) is 11.1 Å². The molecule has 1 aromatic heterocycles. The maximum Gasteiger partial charge on any atom is 0.340 e. The molecule has 6 rings (SSSR count). The third kappa shape index (κ3) is 4.10. The molecule has 4 saturated carbocycles. The van der Waals surface area contributed by atoms with Crippen molar-refractivity contribution in [3.8, 4) is 0 Å². The minimum absolute atomic E-state index is 0.195. The molecule has 0 spiro atoms. The Bertz CT molecular complexity index is 1220. The normalized spacial score (nSPS) is 42.4. The number of rotatable bonds is 5. The second-order valence-corrected chi connectivity index (χ2v) is 14.1. The van der Waals surface area contributed by atoms with Gasteiger partial charge in [0, 0.05) is 6.42 Å². The molecule has 4 aliphatic carbocycles. The first-order valence-corrected chi connectivity index (χ1v) is 15.4. The van der Waals surface area contributed by atoms with Gasteiger partial charge in [-0.05, 0) is 109 Å². The van der Waals surface area contributed by atoms with E-state index in [1.165, 1.54) is 32.8 Å². The fourth-order valence-corrected chi connectivity index (χ4v) is 10.7. The molecule has 0 amide bonds. The molecule has 4 aliphatic rings. The van der Waals surface area contributed by atoms with Crippen LogP contribution in [0.1, 0.15) is 95.3 Å². The van der Waals surface area contributed by atoms with Crippen molar-refractivity contribution in [3.63, 3.8) is 0 Å². The number of methoxy groups -OCH3 is 1. The fraction of sp³-hybridized carbons (Fsp3) is 0.758. The topological polar surface area (TPSA) is 92.8 Å². The molecule has 1 heterocycles. The zero-order chi connectivity index (χ0) is 27.7. The standard InChI is InChI=1S/C33H47NO5/c1-6-20-25-17-19(35)12-14-33(25,4)24-13-15-32(3)22(10-11-23(32)28(24)30(20)36)18(2)16-27-34-29-21(31(37)38-5)8-7-9-26(29)39-27/h7-9,18-20,22-25,28,30,35-36H,6,10-17H2,1-5H3/t18-,19-,20-,22-,23+,24+,25?,28+,30-,32?,33?/m1/s1. The molecule has 214 valence electrons. The monoisotopic (exact) mass is 537 g/mol. The van der Waals surface area contributed by atoms with Crippen molar-refractivity contribution < 1.29 is 24.2 Å². The summed E-state index contributed by atoms with van der Waals surface area (Å²) in [6, 6.07) is 5.41. The van der Waals surface area contributed by atoms with E-state index in [4.69, 9.17) is 14.1 Å². The highest BCUT2D eigenvalue weighted by Gasteiger charge is 2.64. The molecule has 2 aromatic rings. The number of oxazole rings is 1. The number of fused-ring (bicyclic) bond motifs is 6. The minimum Gasteiger partial charge on any atom is -0.465 e. The van der Waals surface area contributed by atoms with Gasteiger partial charge in [0.15, 0.2) is 11.5 Å². The Morgan fingerprint density at radius 2 is 1.85 bits per heavy atom. The number of para-hydroxylation sites is 1. The number of aromatic nitrogens is 1. The number of esters is 1. The molecule has 2 N–H and O–H groups in total. The molecule has 11 atom stereocenters. The molecule has 4 fully saturated rings. The lowest BCUT2D eigenvalue weighted by Crippen LogP contribution is -2.62. The summed E-state index contributed by atoms with van der Waals surface area (Å²) in [6.07, 6.45) is 8.89. The van der Waals surface area contributed by atoms with Crippen LogP contribution in [-0.4, -0.2) is 40.5 Å². The van der Waals surface area contributed by atoms with Gasteiger partial charge in [0.05, 0.1) is 24.9 Å². The average Bonchev–Trinajstić information content (AvgIpc) is 3.49. The number of aliphatic hydroxyl groups is 2. The number of hydrogen-bond donors (Lipinski definition) is 2. The van der Waals surface area contributed by atoms with Gasteiger partial charge < -0.3 is 19.4 Å². The van der Waals surface area contributed by atoms with E-state index < -0.39 is 5.97 Å². The van der Waals surface area contributed by atoms with E-state index in [1.54, 1.807) is 6.07 Å². The summed E-state index contributed by atoms with van der Waals surface area (Å²) in [5.74, 6) is 3.39. The summed E-state index contributed by atoms with van der Waals surface area (Å²) in [6.45, 7) is 9.59. The maximum absolute atomic E-state index is 12.2. The summed E-state index contributed by atoms with van der Waals surface area (Å²) >= 11 is 0. The van der Waals surface area contributed by atoms with E-state index in [0.717, 1.165) is 32.1 Å². The first-order valence-electron chi connectivity index (χ1n) is 15.4. The van der Waals surface area contributed by atoms with Crippen molar-refractivity contribution in [1.82, 2.24) is 4.98 Å². The van der Waals surface area contributed by atoms with Crippen molar-refractivity contribution >= 4 is 17.1 Å². The van der Waals surface area contributed by atoms with Gasteiger partial charge in [-0.1, -0.05) is 40.2 Å². The van der Waals surface area contributed by atoms with Crippen LogP contribution in [0.15, 0.2) is 22.6 Å². The Labute approximate surface area is 232 Å².